The second kappa shape index (κ2) is 3.53. The molecular weight excluding hydrogens is 174 g/mol. The lowest BCUT2D eigenvalue weighted by Gasteiger charge is -2.00. The molecule has 1 rings (SSSR count). The number of hydrogen-bond acceptors (Lipinski definition) is 4. The van der Waals surface area contributed by atoms with Crippen molar-refractivity contribution in [3.8, 4) is 5.75 Å². The molecule has 0 radical (unpaired) electrons. The summed E-state index contributed by atoms with van der Waals surface area (Å²) in [5.74, 6) is -0.564. The molecule has 6 nitrogen and oxygen atoms in total. The van der Waals surface area contributed by atoms with E-state index in [1.165, 1.54) is 18.3 Å². The van der Waals surface area contributed by atoms with E-state index in [0.717, 1.165) is 0 Å². The van der Waals surface area contributed by atoms with Gasteiger partial charge in [0.1, 0.15) is 11.4 Å². The number of rotatable bonds is 2. The molecule has 1 heterocycles. The van der Waals surface area contributed by atoms with Crippen LogP contribution in [0.2, 0.25) is 0 Å². The van der Waals surface area contributed by atoms with Gasteiger partial charge in [0.15, 0.2) is 0 Å². The minimum absolute atomic E-state index is 0.0127. The summed E-state index contributed by atoms with van der Waals surface area (Å²) in [5, 5.41) is 0. The maximum absolute atomic E-state index is 10.6. The van der Waals surface area contributed by atoms with Crippen LogP contribution in [0.1, 0.15) is 10.5 Å². The van der Waals surface area contributed by atoms with Gasteiger partial charge in [-0.3, -0.25) is 9.78 Å². The fraction of sp³-hybridized carbons (Fsp3) is 0. The molecule has 68 valence electrons. The molecule has 4 N–H and O–H groups in total. The van der Waals surface area contributed by atoms with Crippen LogP contribution in [-0.4, -0.2) is 17.0 Å². The van der Waals surface area contributed by atoms with Gasteiger partial charge in [0, 0.05) is 12.3 Å². The second-order valence-electron chi connectivity index (χ2n) is 2.16. The third-order valence-corrected chi connectivity index (χ3v) is 1.20. The molecule has 0 aromatic carbocycles. The average Bonchev–Trinajstić information content (AvgIpc) is 2.03. The third-order valence-electron chi connectivity index (χ3n) is 1.20. The van der Waals surface area contributed by atoms with Gasteiger partial charge in [-0.05, 0) is 6.07 Å². The van der Waals surface area contributed by atoms with Crippen molar-refractivity contribution in [2.24, 2.45) is 11.5 Å². The number of pyridine rings is 1. The molecule has 0 atom stereocenters. The van der Waals surface area contributed by atoms with Crippen molar-refractivity contribution < 1.29 is 14.3 Å². The number of nitrogens with zero attached hydrogens (tertiary/aromatic N) is 1. The molecule has 2 amide bonds. The summed E-state index contributed by atoms with van der Waals surface area (Å²) in [4.78, 5) is 24.6. The lowest BCUT2D eigenvalue weighted by atomic mass is 10.3. The van der Waals surface area contributed by atoms with E-state index in [1.807, 2.05) is 0 Å². The Morgan fingerprint density at radius 2 is 2.08 bits per heavy atom. The average molecular weight is 181 g/mol. The first-order chi connectivity index (χ1) is 6.09. The number of aromatic nitrogens is 1. The van der Waals surface area contributed by atoms with E-state index in [2.05, 4.69) is 9.72 Å². The predicted molar refractivity (Wildman–Crippen MR) is 43.0 cm³/mol. The smallest absolute Gasteiger partial charge is 0.409 e. The molecule has 0 fully saturated rings. The second-order valence-corrected chi connectivity index (χ2v) is 2.16. The van der Waals surface area contributed by atoms with Crippen LogP contribution in [0, 0.1) is 0 Å². The summed E-state index contributed by atoms with van der Waals surface area (Å²) in [7, 11) is 0. The highest BCUT2D eigenvalue weighted by atomic mass is 16.5. The zero-order valence-corrected chi connectivity index (χ0v) is 6.56. The van der Waals surface area contributed by atoms with E-state index in [0.29, 0.717) is 0 Å². The molecule has 0 aliphatic heterocycles. The number of nitrogens with two attached hydrogens (primary N) is 2. The van der Waals surface area contributed by atoms with Crippen molar-refractivity contribution >= 4 is 12.0 Å². The Morgan fingerprint density at radius 1 is 1.38 bits per heavy atom. The van der Waals surface area contributed by atoms with Gasteiger partial charge in [-0.15, -0.1) is 0 Å². The molecule has 6 heteroatoms. The summed E-state index contributed by atoms with van der Waals surface area (Å²) in [6.07, 6.45) is 0.333. The van der Waals surface area contributed by atoms with Crippen LogP contribution in [0.25, 0.3) is 0 Å². The highest BCUT2D eigenvalue weighted by Gasteiger charge is 2.04. The summed E-state index contributed by atoms with van der Waals surface area (Å²) < 4.78 is 4.50. The highest BCUT2D eigenvalue weighted by molar-refractivity contribution is 5.91. The third kappa shape index (κ3) is 2.44. The lowest BCUT2D eigenvalue weighted by molar-refractivity contribution is 0.0995. The summed E-state index contributed by atoms with van der Waals surface area (Å²) in [6.45, 7) is 0. The van der Waals surface area contributed by atoms with E-state index >= 15 is 0 Å². The van der Waals surface area contributed by atoms with Crippen molar-refractivity contribution in [1.29, 1.82) is 0 Å². The molecule has 0 aliphatic carbocycles. The van der Waals surface area contributed by atoms with E-state index < -0.39 is 12.0 Å². The van der Waals surface area contributed by atoms with Crippen LogP contribution in [-0.2, 0) is 0 Å². The Morgan fingerprint density at radius 3 is 2.62 bits per heavy atom. The first-order valence-corrected chi connectivity index (χ1v) is 3.33. The van der Waals surface area contributed by atoms with Crippen LogP contribution >= 0.6 is 0 Å². The van der Waals surface area contributed by atoms with Gasteiger partial charge < -0.3 is 16.2 Å². The van der Waals surface area contributed by atoms with Gasteiger partial charge in [-0.1, -0.05) is 0 Å². The summed E-state index contributed by atoms with van der Waals surface area (Å²) >= 11 is 0. The molecule has 0 saturated heterocycles. The fourth-order valence-electron chi connectivity index (χ4n) is 0.726. The van der Waals surface area contributed by atoms with Crippen molar-refractivity contribution in [3.63, 3.8) is 0 Å². The molecule has 1 aromatic rings. The summed E-state index contributed by atoms with van der Waals surface area (Å²) in [6, 6.07) is 2.62. The molecule has 0 unspecified atom stereocenters. The standard InChI is InChI=1S/C7H7N3O3/c8-6(11)5-3-4(1-2-10-5)13-7(9)12/h1-3H,(H2,8,11)(H2,9,12). The molecule has 13 heavy (non-hydrogen) atoms. The Bertz CT molecular complexity index is 351. The normalized spacial score (nSPS) is 9.23. The van der Waals surface area contributed by atoms with Crippen LogP contribution in [0.3, 0.4) is 0 Å². The van der Waals surface area contributed by atoms with Gasteiger partial charge in [0.25, 0.3) is 5.91 Å². The van der Waals surface area contributed by atoms with E-state index in [-0.39, 0.29) is 11.4 Å². The van der Waals surface area contributed by atoms with E-state index in [4.69, 9.17) is 11.5 Å². The zero-order valence-electron chi connectivity index (χ0n) is 6.56. The maximum atomic E-state index is 10.6. The Balaban J connectivity index is 2.91. The molecular formula is C7H7N3O3. The predicted octanol–water partition coefficient (Wildman–Crippen LogP) is -0.362. The molecule has 0 aliphatic rings. The molecule has 0 saturated carbocycles. The fourth-order valence-corrected chi connectivity index (χ4v) is 0.726. The lowest BCUT2D eigenvalue weighted by Crippen LogP contribution is -2.17. The zero-order chi connectivity index (χ0) is 9.84. The Kier molecular flexibility index (Phi) is 2.44. The van der Waals surface area contributed by atoms with E-state index in [1.54, 1.807) is 0 Å². The van der Waals surface area contributed by atoms with Gasteiger partial charge in [0.05, 0.1) is 0 Å². The monoisotopic (exact) mass is 181 g/mol. The number of carbonyl (C=O) groups is 2. The van der Waals surface area contributed by atoms with Gasteiger partial charge in [-0.25, -0.2) is 4.79 Å². The number of hydrogen-bond donors (Lipinski definition) is 2. The van der Waals surface area contributed by atoms with Crippen molar-refractivity contribution in [3.05, 3.63) is 24.0 Å². The highest BCUT2D eigenvalue weighted by Crippen LogP contribution is 2.09. The Hall–Kier alpha value is -2.11. The molecule has 0 bridgehead atoms. The van der Waals surface area contributed by atoms with Crippen LogP contribution in [0.4, 0.5) is 4.79 Å². The minimum atomic E-state index is -0.957. The van der Waals surface area contributed by atoms with E-state index in [9.17, 15) is 9.59 Å². The van der Waals surface area contributed by atoms with Crippen LogP contribution < -0.4 is 16.2 Å². The maximum Gasteiger partial charge on any atom is 0.409 e. The first-order valence-electron chi connectivity index (χ1n) is 3.33. The van der Waals surface area contributed by atoms with Crippen molar-refractivity contribution in [2.75, 3.05) is 0 Å². The Labute approximate surface area is 73.5 Å². The topological polar surface area (TPSA) is 108 Å². The minimum Gasteiger partial charge on any atom is -0.410 e. The number of primary amides is 2. The van der Waals surface area contributed by atoms with Crippen molar-refractivity contribution in [2.45, 2.75) is 0 Å². The number of carbonyl (C=O) groups excluding carboxylic acids is 2. The van der Waals surface area contributed by atoms with Gasteiger partial charge in [0.2, 0.25) is 0 Å². The number of ether oxygens (including phenoxy) is 1. The van der Waals surface area contributed by atoms with Gasteiger partial charge >= 0.3 is 6.09 Å². The molecule has 0 spiro atoms. The van der Waals surface area contributed by atoms with Gasteiger partial charge in [-0.2, -0.15) is 0 Å². The summed E-state index contributed by atoms with van der Waals surface area (Å²) in [5.41, 5.74) is 9.71. The first kappa shape index (κ1) is 8.98. The molecule has 1 aromatic heterocycles. The van der Waals surface area contributed by atoms with Crippen LogP contribution in [0.15, 0.2) is 18.3 Å². The quantitative estimate of drug-likeness (QED) is 0.649. The number of amides is 2. The van der Waals surface area contributed by atoms with Crippen molar-refractivity contribution in [1.82, 2.24) is 4.98 Å². The van der Waals surface area contributed by atoms with Crippen LogP contribution in [0.5, 0.6) is 5.75 Å². The largest absolute Gasteiger partial charge is 0.410 e. The SMILES string of the molecule is NC(=O)Oc1ccnc(C(N)=O)c1.